The fourth-order valence-corrected chi connectivity index (χ4v) is 3.91. The van der Waals surface area contributed by atoms with Gasteiger partial charge in [-0.1, -0.05) is 11.3 Å². The number of furan rings is 1. The molecular weight excluding hydrogens is 392 g/mol. The molecule has 3 heterocycles. The maximum atomic E-state index is 11.2. The Labute approximate surface area is 171 Å². The van der Waals surface area contributed by atoms with Crippen LogP contribution in [0.15, 0.2) is 10.5 Å². The Morgan fingerprint density at radius 2 is 2.17 bits per heavy atom. The number of hydrogen-bond donors (Lipinski definition) is 4. The molecule has 0 bridgehead atoms. The molecule has 6 N–H and O–H groups in total. The minimum atomic E-state index is -0.972. The molecule has 0 fully saturated rings. The molecule has 0 saturated carbocycles. The van der Waals surface area contributed by atoms with Crippen LogP contribution >= 0.6 is 11.3 Å². The topological polar surface area (TPSA) is 152 Å². The van der Waals surface area contributed by atoms with E-state index in [1.54, 1.807) is 0 Å². The van der Waals surface area contributed by atoms with Crippen LogP contribution in [0.3, 0.4) is 0 Å². The van der Waals surface area contributed by atoms with Gasteiger partial charge in [-0.3, -0.25) is 0 Å². The Balaban J connectivity index is 2.25. The van der Waals surface area contributed by atoms with Gasteiger partial charge in [-0.25, -0.2) is 9.78 Å². The molecule has 10 heteroatoms. The Hall–Kier alpha value is -3.29. The average molecular weight is 414 g/mol. The zero-order valence-electron chi connectivity index (χ0n) is 16.4. The van der Waals surface area contributed by atoms with Crippen LogP contribution in [-0.4, -0.2) is 31.2 Å². The van der Waals surface area contributed by atoms with Crippen molar-refractivity contribution >= 4 is 39.2 Å². The van der Waals surface area contributed by atoms with Crippen molar-refractivity contribution in [2.45, 2.75) is 20.3 Å². The van der Waals surface area contributed by atoms with Crippen LogP contribution in [0.25, 0.3) is 21.5 Å². The first kappa shape index (κ1) is 20.4. The number of amides is 1. The van der Waals surface area contributed by atoms with Crippen molar-refractivity contribution < 1.29 is 13.9 Å². The third-order valence-corrected chi connectivity index (χ3v) is 5.43. The molecule has 3 rings (SSSR count). The van der Waals surface area contributed by atoms with Crippen molar-refractivity contribution in [3.8, 4) is 22.5 Å². The number of aryl methyl sites for hydroxylation is 2. The van der Waals surface area contributed by atoms with Gasteiger partial charge in [0.05, 0.1) is 16.6 Å². The van der Waals surface area contributed by atoms with E-state index in [4.69, 9.17) is 20.6 Å². The second-order valence-corrected chi connectivity index (χ2v) is 7.42. The van der Waals surface area contributed by atoms with E-state index in [0.29, 0.717) is 39.5 Å². The monoisotopic (exact) mass is 414 g/mol. The van der Waals surface area contributed by atoms with E-state index in [1.807, 2.05) is 27.0 Å². The van der Waals surface area contributed by atoms with Gasteiger partial charge >= 0.3 is 6.09 Å². The molecular formula is C19H22N6O3S. The van der Waals surface area contributed by atoms with Crippen molar-refractivity contribution in [3.05, 3.63) is 23.0 Å². The summed E-state index contributed by atoms with van der Waals surface area (Å²) in [5, 5.41) is 16.8. The number of pyridine rings is 1. The second-order valence-electron chi connectivity index (χ2n) is 6.46. The van der Waals surface area contributed by atoms with Crippen LogP contribution in [0.5, 0.6) is 5.06 Å². The minimum Gasteiger partial charge on any atom is -0.461 e. The highest BCUT2D eigenvalue weighted by atomic mass is 32.1. The number of nitrogen functional groups attached to an aromatic ring is 1. The van der Waals surface area contributed by atoms with Crippen molar-refractivity contribution in [1.29, 1.82) is 5.26 Å². The maximum Gasteiger partial charge on any atom is 0.410 e. The molecule has 3 aromatic heterocycles. The Bertz CT molecular complexity index is 1090. The number of primary amides is 1. The lowest BCUT2D eigenvalue weighted by molar-refractivity contribution is 0.212. The summed E-state index contributed by atoms with van der Waals surface area (Å²) in [6.45, 7) is 5.21. The molecule has 0 aliphatic rings. The van der Waals surface area contributed by atoms with Crippen LogP contribution in [0, 0.1) is 25.2 Å². The Kier molecular flexibility index (Phi) is 5.91. The largest absolute Gasteiger partial charge is 0.461 e. The van der Waals surface area contributed by atoms with Crippen LogP contribution in [-0.2, 0) is 0 Å². The number of hydrogen-bond acceptors (Lipinski definition) is 9. The highest BCUT2D eigenvalue weighted by Crippen LogP contribution is 2.47. The lowest BCUT2D eigenvalue weighted by Gasteiger charge is -2.11. The van der Waals surface area contributed by atoms with E-state index in [-0.39, 0.29) is 10.8 Å². The van der Waals surface area contributed by atoms with E-state index in [1.165, 1.54) is 0 Å². The van der Waals surface area contributed by atoms with Gasteiger partial charge in [0.25, 0.3) is 0 Å². The molecule has 0 radical (unpaired) electrons. The van der Waals surface area contributed by atoms with E-state index in [0.717, 1.165) is 35.6 Å². The lowest BCUT2D eigenvalue weighted by Crippen LogP contribution is -2.16. The van der Waals surface area contributed by atoms with Crippen LogP contribution < -0.4 is 26.8 Å². The molecule has 0 spiro atoms. The van der Waals surface area contributed by atoms with Gasteiger partial charge < -0.3 is 31.3 Å². The summed E-state index contributed by atoms with van der Waals surface area (Å²) >= 11 is 1.09. The zero-order valence-corrected chi connectivity index (χ0v) is 17.2. The quantitative estimate of drug-likeness (QED) is 0.430. The fourth-order valence-electron chi connectivity index (χ4n) is 2.95. The van der Waals surface area contributed by atoms with Gasteiger partial charge in [-0.15, -0.1) is 0 Å². The number of rotatable bonds is 7. The number of aromatic nitrogens is 1. The van der Waals surface area contributed by atoms with E-state index >= 15 is 0 Å². The fraction of sp³-hybridized carbons (Fsp3) is 0.316. The first-order valence-electron chi connectivity index (χ1n) is 8.96. The average Bonchev–Trinajstić information content (AvgIpc) is 3.16. The number of nitrogens with two attached hydrogens (primary N) is 2. The summed E-state index contributed by atoms with van der Waals surface area (Å²) < 4.78 is 10.9. The number of nitrogens with zero attached hydrogens (tertiary/aromatic N) is 2. The molecule has 0 aliphatic carbocycles. The number of ether oxygens (including phenoxy) is 1. The zero-order chi connectivity index (χ0) is 21.1. The molecule has 0 saturated heterocycles. The normalized spacial score (nSPS) is 10.8. The van der Waals surface area contributed by atoms with Crippen LogP contribution in [0.4, 0.5) is 16.3 Å². The Morgan fingerprint density at radius 1 is 1.41 bits per heavy atom. The van der Waals surface area contributed by atoms with Crippen molar-refractivity contribution in [2.75, 3.05) is 31.2 Å². The molecule has 9 nitrogen and oxygen atoms in total. The number of carbonyl (C=O) groups excluding carboxylic acids is 1. The van der Waals surface area contributed by atoms with Crippen molar-refractivity contribution in [2.24, 2.45) is 5.73 Å². The second kappa shape index (κ2) is 8.38. The third-order valence-electron chi connectivity index (χ3n) is 4.46. The molecule has 0 aromatic carbocycles. The molecule has 1 amide bonds. The van der Waals surface area contributed by atoms with Gasteiger partial charge in [-0.2, -0.15) is 5.26 Å². The summed E-state index contributed by atoms with van der Waals surface area (Å²) in [5.74, 6) is 1.65. The predicted octanol–water partition coefficient (Wildman–Crippen LogP) is 3.11. The van der Waals surface area contributed by atoms with E-state index in [9.17, 15) is 10.1 Å². The van der Waals surface area contributed by atoms with E-state index in [2.05, 4.69) is 21.7 Å². The molecule has 0 atom stereocenters. The number of nitriles is 1. The van der Waals surface area contributed by atoms with E-state index < -0.39 is 6.09 Å². The number of carbonyl (C=O) groups is 1. The van der Waals surface area contributed by atoms with Gasteiger partial charge in [0.1, 0.15) is 33.8 Å². The molecule has 0 aliphatic heterocycles. The third kappa shape index (κ3) is 3.96. The number of anilines is 2. The Morgan fingerprint density at radius 3 is 2.76 bits per heavy atom. The van der Waals surface area contributed by atoms with Gasteiger partial charge in [0.2, 0.25) is 5.06 Å². The molecule has 29 heavy (non-hydrogen) atoms. The summed E-state index contributed by atoms with van der Waals surface area (Å²) in [5.41, 5.74) is 13.3. The van der Waals surface area contributed by atoms with Crippen molar-refractivity contribution in [1.82, 2.24) is 10.3 Å². The summed E-state index contributed by atoms with van der Waals surface area (Å²) in [4.78, 5) is 16.3. The van der Waals surface area contributed by atoms with Crippen molar-refractivity contribution in [3.63, 3.8) is 0 Å². The summed E-state index contributed by atoms with van der Waals surface area (Å²) in [7, 11) is 1.87. The minimum absolute atomic E-state index is 0.137. The number of nitrogens with one attached hydrogen (secondary N) is 2. The highest BCUT2D eigenvalue weighted by Gasteiger charge is 2.25. The molecule has 152 valence electrons. The van der Waals surface area contributed by atoms with Crippen LogP contribution in [0.2, 0.25) is 0 Å². The standard InChI is InChI=1S/C19H22N6O3S/c1-9-7-12(27-10(9)2)13-11(8-20)16(24-6-4-5-23-3)25-17-14(13)15(21)18(29-17)28-19(22)26/h7,23H,4-6,21H2,1-3H3,(H2,22,26)(H,24,25). The molecule has 3 aromatic rings. The first-order valence-corrected chi connectivity index (χ1v) is 9.78. The highest BCUT2D eigenvalue weighted by molar-refractivity contribution is 7.21. The maximum absolute atomic E-state index is 11.2. The van der Waals surface area contributed by atoms with Gasteiger partial charge in [0, 0.05) is 6.54 Å². The summed E-state index contributed by atoms with van der Waals surface area (Å²) in [6, 6.07) is 4.07. The van der Waals surface area contributed by atoms with Gasteiger partial charge in [-0.05, 0) is 45.5 Å². The first-order chi connectivity index (χ1) is 13.9. The summed E-state index contributed by atoms with van der Waals surface area (Å²) in [6.07, 6.45) is -0.127. The smallest absolute Gasteiger partial charge is 0.410 e. The molecule has 0 unspecified atom stereocenters. The van der Waals surface area contributed by atoms with Crippen LogP contribution in [0.1, 0.15) is 23.3 Å². The number of thiophene rings is 1. The lowest BCUT2D eigenvalue weighted by atomic mass is 10.0. The SMILES string of the molecule is CNCCCNc1nc2sc(OC(N)=O)c(N)c2c(-c2cc(C)c(C)o2)c1C#N. The van der Waals surface area contributed by atoms with Gasteiger partial charge in [0.15, 0.2) is 0 Å². The predicted molar refractivity (Wildman–Crippen MR) is 113 cm³/mol. The number of fused-ring (bicyclic) bond motifs is 1.